The summed E-state index contributed by atoms with van der Waals surface area (Å²) >= 11 is 7.24. The number of fused-ring (bicyclic) bond motifs is 1. The number of hydrogen-bond acceptors (Lipinski definition) is 6. The minimum Gasteiger partial charge on any atom is -0.409 e. The highest BCUT2D eigenvalue weighted by atomic mass is 32.1. The Morgan fingerprint density at radius 3 is 2.75 bits per heavy atom. The average molecular weight is 409 g/mol. The van der Waals surface area contributed by atoms with E-state index in [1.54, 1.807) is 16.0 Å². The Morgan fingerprint density at radius 2 is 1.89 bits per heavy atom. The molecule has 1 aliphatic heterocycles. The van der Waals surface area contributed by atoms with Crippen molar-refractivity contribution in [1.29, 1.82) is 0 Å². The summed E-state index contributed by atoms with van der Waals surface area (Å²) in [7, 11) is 0. The Hall–Kier alpha value is -2.35. The molecule has 3 heterocycles. The van der Waals surface area contributed by atoms with E-state index in [0.29, 0.717) is 23.4 Å². The molecule has 5 rings (SSSR count). The van der Waals surface area contributed by atoms with Gasteiger partial charge in [0.25, 0.3) is 4.84 Å². The van der Waals surface area contributed by atoms with Gasteiger partial charge in [-0.15, -0.1) is 16.4 Å². The molecule has 5 nitrogen and oxygen atoms in total. The molecule has 0 aliphatic carbocycles. The van der Waals surface area contributed by atoms with Crippen molar-refractivity contribution in [3.05, 3.63) is 64.4 Å². The Kier molecular flexibility index (Phi) is 4.80. The molecule has 1 atom stereocenters. The highest BCUT2D eigenvalue weighted by Crippen LogP contribution is 2.36. The van der Waals surface area contributed by atoms with Crippen molar-refractivity contribution in [2.45, 2.75) is 32.0 Å². The SMILES string of the molecule is S=c1oc(-c2ccccc2)nn1CN1CCCCC1c1nc2ccccc2s1. The summed E-state index contributed by atoms with van der Waals surface area (Å²) < 4.78 is 8.80. The first-order valence-corrected chi connectivity index (χ1v) is 10.7. The van der Waals surface area contributed by atoms with Crippen LogP contribution in [0.1, 0.15) is 30.3 Å². The van der Waals surface area contributed by atoms with Crippen molar-refractivity contribution in [3.8, 4) is 11.5 Å². The number of nitrogens with zero attached hydrogens (tertiary/aromatic N) is 4. The van der Waals surface area contributed by atoms with Crippen LogP contribution < -0.4 is 0 Å². The summed E-state index contributed by atoms with van der Waals surface area (Å²) in [5.41, 5.74) is 2.02. The number of likely N-dealkylation sites (tertiary alicyclic amines) is 1. The zero-order valence-electron chi connectivity index (χ0n) is 15.3. The number of aromatic nitrogens is 3. The molecule has 7 heteroatoms. The van der Waals surface area contributed by atoms with Crippen LogP contribution in [0.2, 0.25) is 0 Å². The second kappa shape index (κ2) is 7.58. The van der Waals surface area contributed by atoms with Gasteiger partial charge >= 0.3 is 0 Å². The molecule has 0 spiro atoms. The maximum absolute atomic E-state index is 5.76. The summed E-state index contributed by atoms with van der Waals surface area (Å²) in [5, 5.41) is 5.81. The fraction of sp³-hybridized carbons (Fsp3) is 0.286. The molecular formula is C21H20N4OS2. The molecule has 1 aliphatic rings. The van der Waals surface area contributed by atoms with Crippen molar-refractivity contribution in [2.75, 3.05) is 6.54 Å². The Labute approximate surface area is 172 Å². The lowest BCUT2D eigenvalue weighted by molar-refractivity contribution is 0.102. The van der Waals surface area contributed by atoms with Gasteiger partial charge in [-0.1, -0.05) is 36.8 Å². The van der Waals surface area contributed by atoms with Crippen molar-refractivity contribution in [2.24, 2.45) is 0 Å². The molecule has 4 aromatic rings. The van der Waals surface area contributed by atoms with E-state index in [1.807, 2.05) is 36.4 Å². The third kappa shape index (κ3) is 3.41. The summed E-state index contributed by atoms with van der Waals surface area (Å²) in [6.07, 6.45) is 3.51. The van der Waals surface area contributed by atoms with E-state index in [1.165, 1.54) is 22.5 Å². The molecule has 28 heavy (non-hydrogen) atoms. The van der Waals surface area contributed by atoms with E-state index >= 15 is 0 Å². The second-order valence-corrected chi connectivity index (χ2v) is 8.44. The maximum Gasteiger partial charge on any atom is 0.288 e. The molecular weight excluding hydrogens is 388 g/mol. The lowest BCUT2D eigenvalue weighted by atomic mass is 10.0. The van der Waals surface area contributed by atoms with Gasteiger partial charge in [0.1, 0.15) is 5.01 Å². The first-order valence-electron chi connectivity index (χ1n) is 9.51. The second-order valence-electron chi connectivity index (χ2n) is 7.02. The van der Waals surface area contributed by atoms with E-state index in [9.17, 15) is 0 Å². The van der Waals surface area contributed by atoms with Crippen molar-refractivity contribution < 1.29 is 4.42 Å². The van der Waals surface area contributed by atoms with Gasteiger partial charge in [0.2, 0.25) is 5.89 Å². The number of rotatable bonds is 4. The van der Waals surface area contributed by atoms with E-state index < -0.39 is 0 Å². The maximum atomic E-state index is 5.76. The van der Waals surface area contributed by atoms with Crippen LogP contribution in [-0.4, -0.2) is 26.2 Å². The molecule has 142 valence electrons. The van der Waals surface area contributed by atoms with E-state index in [-0.39, 0.29) is 0 Å². The first kappa shape index (κ1) is 17.7. The predicted octanol–water partition coefficient (Wildman–Crippen LogP) is 5.67. The van der Waals surface area contributed by atoms with Crippen molar-refractivity contribution in [3.63, 3.8) is 0 Å². The van der Waals surface area contributed by atoms with Crippen LogP contribution in [0.5, 0.6) is 0 Å². The van der Waals surface area contributed by atoms with E-state index in [4.69, 9.17) is 21.6 Å². The van der Waals surface area contributed by atoms with Crippen LogP contribution in [0.4, 0.5) is 0 Å². The lowest BCUT2D eigenvalue weighted by Gasteiger charge is -2.33. The predicted molar refractivity (Wildman–Crippen MR) is 114 cm³/mol. The standard InChI is InChI=1S/C21H20N4OS2/c27-21-25(23-19(26-21)15-8-2-1-3-9-15)14-24-13-7-6-11-17(24)20-22-16-10-4-5-12-18(16)28-20/h1-5,8-10,12,17H,6-7,11,13-14H2. The van der Waals surface area contributed by atoms with Crippen LogP contribution >= 0.6 is 23.6 Å². The van der Waals surface area contributed by atoms with Gasteiger partial charge in [-0.3, -0.25) is 4.90 Å². The zero-order chi connectivity index (χ0) is 18.9. The topological polar surface area (TPSA) is 47.1 Å². The molecule has 0 N–H and O–H groups in total. The van der Waals surface area contributed by atoms with Crippen LogP contribution in [0, 0.1) is 4.84 Å². The van der Waals surface area contributed by atoms with E-state index in [0.717, 1.165) is 24.0 Å². The van der Waals surface area contributed by atoms with Crippen molar-refractivity contribution in [1.82, 2.24) is 19.7 Å². The molecule has 0 amide bonds. The third-order valence-electron chi connectivity index (χ3n) is 5.15. The smallest absolute Gasteiger partial charge is 0.288 e. The molecule has 2 aromatic heterocycles. The third-order valence-corrected chi connectivity index (χ3v) is 6.58. The minimum absolute atomic E-state index is 0.296. The van der Waals surface area contributed by atoms with Crippen molar-refractivity contribution >= 4 is 33.8 Å². The van der Waals surface area contributed by atoms with Gasteiger partial charge in [-0.2, -0.15) is 0 Å². The Bertz CT molecular complexity index is 1110. The Morgan fingerprint density at radius 1 is 1.07 bits per heavy atom. The highest BCUT2D eigenvalue weighted by Gasteiger charge is 2.27. The van der Waals surface area contributed by atoms with Gasteiger partial charge in [0, 0.05) is 12.1 Å². The minimum atomic E-state index is 0.296. The summed E-state index contributed by atoms with van der Waals surface area (Å²) in [6.45, 7) is 1.63. The van der Waals surface area contributed by atoms with E-state index in [2.05, 4.69) is 28.2 Å². The monoisotopic (exact) mass is 408 g/mol. The van der Waals surface area contributed by atoms with Gasteiger partial charge in [0.05, 0.1) is 22.9 Å². The van der Waals surface area contributed by atoms with Gasteiger partial charge in [-0.05, 0) is 49.3 Å². The zero-order valence-corrected chi connectivity index (χ0v) is 17.0. The van der Waals surface area contributed by atoms with Crippen LogP contribution in [-0.2, 0) is 6.67 Å². The molecule has 0 saturated carbocycles. The van der Waals surface area contributed by atoms with Gasteiger partial charge in [-0.25, -0.2) is 9.67 Å². The molecule has 0 radical (unpaired) electrons. The largest absolute Gasteiger partial charge is 0.409 e. The first-order chi connectivity index (χ1) is 13.8. The molecule has 1 fully saturated rings. The van der Waals surface area contributed by atoms with Gasteiger partial charge in [0.15, 0.2) is 0 Å². The summed E-state index contributed by atoms with van der Waals surface area (Å²) in [6, 6.07) is 18.5. The summed E-state index contributed by atoms with van der Waals surface area (Å²) in [5.74, 6) is 0.569. The number of benzene rings is 2. The summed E-state index contributed by atoms with van der Waals surface area (Å²) in [4.78, 5) is 7.74. The average Bonchev–Trinajstić information content (AvgIpc) is 3.33. The number of hydrogen-bond donors (Lipinski definition) is 0. The molecule has 1 saturated heterocycles. The molecule has 2 aromatic carbocycles. The van der Waals surface area contributed by atoms with Crippen LogP contribution in [0.15, 0.2) is 59.0 Å². The Balaban J connectivity index is 1.43. The van der Waals surface area contributed by atoms with Gasteiger partial charge < -0.3 is 4.42 Å². The van der Waals surface area contributed by atoms with Crippen LogP contribution in [0.3, 0.4) is 0 Å². The molecule has 1 unspecified atom stereocenters. The fourth-order valence-electron chi connectivity index (χ4n) is 3.74. The lowest BCUT2D eigenvalue weighted by Crippen LogP contribution is -2.35. The quantitative estimate of drug-likeness (QED) is 0.407. The normalized spacial score (nSPS) is 17.9. The number of piperidine rings is 1. The van der Waals surface area contributed by atoms with Crippen LogP contribution in [0.25, 0.3) is 21.7 Å². The highest BCUT2D eigenvalue weighted by molar-refractivity contribution is 7.71. The number of para-hydroxylation sites is 1. The molecule has 0 bridgehead atoms. The number of thiazole rings is 1. The fourth-order valence-corrected chi connectivity index (χ4v) is 5.05.